The highest BCUT2D eigenvalue weighted by Crippen LogP contribution is 2.15. The van der Waals surface area contributed by atoms with Crippen LogP contribution in [0.4, 0.5) is 4.39 Å². The number of benzene rings is 1. The van der Waals surface area contributed by atoms with Crippen LogP contribution in [0.15, 0.2) is 23.1 Å². The van der Waals surface area contributed by atoms with E-state index in [0.29, 0.717) is 5.56 Å². The molecule has 5 nitrogen and oxygen atoms in total. The Morgan fingerprint density at radius 3 is 2.38 bits per heavy atom. The minimum absolute atomic E-state index is 0.235. The lowest BCUT2D eigenvalue weighted by atomic mass is 10.2. The van der Waals surface area contributed by atoms with Crippen molar-refractivity contribution in [1.29, 1.82) is 0 Å². The van der Waals surface area contributed by atoms with Crippen molar-refractivity contribution in [1.82, 2.24) is 4.72 Å². The van der Waals surface area contributed by atoms with Crippen molar-refractivity contribution < 1.29 is 22.3 Å². The average molecular weight is 317 g/mol. The Balaban J connectivity index is 2.89. The summed E-state index contributed by atoms with van der Waals surface area (Å²) in [5.41, 5.74) is -0.374. The Kier molecular flexibility index (Phi) is 5.11. The number of hydrogen-bond donors (Lipinski definition) is 1. The number of nitrogens with one attached hydrogen (secondary N) is 1. The molecule has 0 aromatic heterocycles. The highest BCUT2D eigenvalue weighted by Gasteiger charge is 2.26. The summed E-state index contributed by atoms with van der Waals surface area (Å²) in [7, 11) is -3.99. The Labute approximate surface area is 124 Å². The number of sulfonamides is 1. The smallest absolute Gasteiger partial charge is 0.324 e. The van der Waals surface area contributed by atoms with Gasteiger partial charge in [0.2, 0.25) is 10.0 Å². The van der Waals surface area contributed by atoms with E-state index in [9.17, 15) is 17.6 Å². The Hall–Kier alpha value is -1.47. The van der Waals surface area contributed by atoms with Gasteiger partial charge in [0.15, 0.2) is 0 Å². The lowest BCUT2D eigenvalue weighted by Gasteiger charge is -2.22. The van der Waals surface area contributed by atoms with Crippen LogP contribution in [0.2, 0.25) is 0 Å². The number of rotatable bonds is 4. The lowest BCUT2D eigenvalue weighted by molar-refractivity contribution is -0.156. The second kappa shape index (κ2) is 6.11. The topological polar surface area (TPSA) is 72.5 Å². The van der Waals surface area contributed by atoms with Crippen molar-refractivity contribution in [3.8, 4) is 0 Å². The van der Waals surface area contributed by atoms with E-state index in [-0.39, 0.29) is 4.90 Å². The Bertz CT molecular complexity index is 635. The molecule has 1 aromatic rings. The van der Waals surface area contributed by atoms with E-state index in [1.807, 2.05) is 0 Å². The summed E-state index contributed by atoms with van der Waals surface area (Å²) in [5.74, 6) is -1.32. The number of esters is 1. The molecule has 0 heterocycles. The predicted molar refractivity (Wildman–Crippen MR) is 76.8 cm³/mol. The molecule has 0 fully saturated rings. The third-order valence-corrected chi connectivity index (χ3v) is 4.08. The fourth-order valence-electron chi connectivity index (χ4n) is 1.48. The van der Waals surface area contributed by atoms with Gasteiger partial charge in [0.1, 0.15) is 17.5 Å². The highest BCUT2D eigenvalue weighted by atomic mass is 32.2. The molecule has 1 aromatic carbocycles. The van der Waals surface area contributed by atoms with Gasteiger partial charge in [-0.05, 0) is 52.3 Å². The molecule has 1 rings (SSSR count). The maximum Gasteiger partial charge on any atom is 0.324 e. The average Bonchev–Trinajstić information content (AvgIpc) is 2.29. The SMILES string of the molecule is Cc1ccc(S(=O)(=O)N[C@H](C)C(=O)OC(C)(C)C)cc1F. The molecule has 0 aliphatic rings. The number of hydrogen-bond acceptors (Lipinski definition) is 4. The van der Waals surface area contributed by atoms with Gasteiger partial charge >= 0.3 is 5.97 Å². The van der Waals surface area contributed by atoms with Crippen LogP contribution in [0.3, 0.4) is 0 Å². The molecule has 1 N–H and O–H groups in total. The van der Waals surface area contributed by atoms with Crippen LogP contribution in [0.1, 0.15) is 33.3 Å². The van der Waals surface area contributed by atoms with Crippen LogP contribution in [0, 0.1) is 12.7 Å². The molecular weight excluding hydrogens is 297 g/mol. The van der Waals surface area contributed by atoms with Gasteiger partial charge in [-0.2, -0.15) is 4.72 Å². The van der Waals surface area contributed by atoms with Crippen LogP contribution in [0.5, 0.6) is 0 Å². The standard InChI is InChI=1S/C14H20FNO4S/c1-9-6-7-11(8-12(9)15)21(18,19)16-10(2)13(17)20-14(3,4)5/h6-8,10,16H,1-5H3/t10-/m1/s1. The zero-order valence-electron chi connectivity index (χ0n) is 12.7. The van der Waals surface area contributed by atoms with E-state index in [0.717, 1.165) is 6.07 Å². The Morgan fingerprint density at radius 1 is 1.33 bits per heavy atom. The number of halogens is 1. The van der Waals surface area contributed by atoms with Crippen LogP contribution < -0.4 is 4.72 Å². The van der Waals surface area contributed by atoms with Gasteiger partial charge in [-0.15, -0.1) is 0 Å². The fourth-order valence-corrected chi connectivity index (χ4v) is 2.68. The molecule has 0 saturated carbocycles. The molecular formula is C14H20FNO4S. The highest BCUT2D eigenvalue weighted by molar-refractivity contribution is 7.89. The molecule has 0 saturated heterocycles. The number of carbonyl (C=O) groups is 1. The maximum absolute atomic E-state index is 13.4. The number of aryl methyl sites for hydroxylation is 1. The van der Waals surface area contributed by atoms with Crippen LogP contribution >= 0.6 is 0 Å². The van der Waals surface area contributed by atoms with E-state index in [4.69, 9.17) is 4.74 Å². The first-order valence-electron chi connectivity index (χ1n) is 6.44. The summed E-state index contributed by atoms with van der Waals surface area (Å²) in [6, 6.07) is 2.49. The molecule has 0 aliphatic carbocycles. The third kappa shape index (κ3) is 5.09. The van der Waals surface area contributed by atoms with Gasteiger partial charge < -0.3 is 4.74 Å². The largest absolute Gasteiger partial charge is 0.459 e. The van der Waals surface area contributed by atoms with Crippen molar-refractivity contribution in [3.63, 3.8) is 0 Å². The first-order chi connectivity index (χ1) is 9.42. The van der Waals surface area contributed by atoms with E-state index in [2.05, 4.69) is 4.72 Å². The summed E-state index contributed by atoms with van der Waals surface area (Å²) >= 11 is 0. The molecule has 0 bridgehead atoms. The molecule has 7 heteroatoms. The summed E-state index contributed by atoms with van der Waals surface area (Å²) < 4.78 is 44.9. The van der Waals surface area contributed by atoms with Crippen LogP contribution in [0.25, 0.3) is 0 Å². The number of carbonyl (C=O) groups excluding carboxylic acids is 1. The van der Waals surface area contributed by atoms with Gasteiger partial charge in [0.05, 0.1) is 4.90 Å². The second-order valence-corrected chi connectivity index (χ2v) is 7.50. The minimum Gasteiger partial charge on any atom is -0.459 e. The number of ether oxygens (including phenoxy) is 1. The van der Waals surface area contributed by atoms with E-state index < -0.39 is 33.5 Å². The van der Waals surface area contributed by atoms with Crippen molar-refractivity contribution in [2.24, 2.45) is 0 Å². The first-order valence-corrected chi connectivity index (χ1v) is 7.92. The van der Waals surface area contributed by atoms with Crippen LogP contribution in [-0.2, 0) is 19.6 Å². The molecule has 0 amide bonds. The molecule has 21 heavy (non-hydrogen) atoms. The summed E-state index contributed by atoms with van der Waals surface area (Å²) in [4.78, 5) is 11.5. The van der Waals surface area contributed by atoms with Crippen molar-refractivity contribution in [2.45, 2.75) is 51.2 Å². The second-order valence-electron chi connectivity index (χ2n) is 5.79. The third-order valence-electron chi connectivity index (χ3n) is 2.55. The lowest BCUT2D eigenvalue weighted by Crippen LogP contribution is -2.42. The molecule has 0 spiro atoms. The van der Waals surface area contributed by atoms with Crippen molar-refractivity contribution in [3.05, 3.63) is 29.6 Å². The summed E-state index contributed by atoms with van der Waals surface area (Å²) in [6.45, 7) is 7.95. The molecule has 118 valence electrons. The van der Waals surface area contributed by atoms with Gasteiger partial charge in [0.25, 0.3) is 0 Å². The van der Waals surface area contributed by atoms with Crippen molar-refractivity contribution >= 4 is 16.0 Å². The van der Waals surface area contributed by atoms with E-state index >= 15 is 0 Å². The fraction of sp³-hybridized carbons (Fsp3) is 0.500. The zero-order valence-corrected chi connectivity index (χ0v) is 13.5. The molecule has 0 unspecified atom stereocenters. The van der Waals surface area contributed by atoms with Gasteiger partial charge in [-0.3, -0.25) is 4.79 Å². The maximum atomic E-state index is 13.4. The summed E-state index contributed by atoms with van der Waals surface area (Å²) in [5, 5.41) is 0. The first kappa shape index (κ1) is 17.6. The molecule has 0 radical (unpaired) electrons. The van der Waals surface area contributed by atoms with Gasteiger partial charge in [-0.1, -0.05) is 6.07 Å². The van der Waals surface area contributed by atoms with Gasteiger partial charge in [-0.25, -0.2) is 12.8 Å². The molecule has 0 aliphatic heterocycles. The quantitative estimate of drug-likeness (QED) is 0.864. The normalized spacial score (nSPS) is 13.8. The van der Waals surface area contributed by atoms with Crippen LogP contribution in [-0.4, -0.2) is 26.0 Å². The Morgan fingerprint density at radius 2 is 1.90 bits per heavy atom. The summed E-state index contributed by atoms with van der Waals surface area (Å²) in [6.07, 6.45) is 0. The van der Waals surface area contributed by atoms with Crippen molar-refractivity contribution in [2.75, 3.05) is 0 Å². The minimum atomic E-state index is -3.99. The van der Waals surface area contributed by atoms with E-state index in [1.165, 1.54) is 26.0 Å². The predicted octanol–water partition coefficient (Wildman–Crippen LogP) is 2.14. The zero-order chi connectivity index (χ0) is 16.4. The van der Waals surface area contributed by atoms with Gasteiger partial charge in [0, 0.05) is 0 Å². The van der Waals surface area contributed by atoms with E-state index in [1.54, 1.807) is 20.8 Å². The molecule has 1 atom stereocenters. The monoisotopic (exact) mass is 317 g/mol.